The highest BCUT2D eigenvalue weighted by Crippen LogP contribution is 2.29. The molecular weight excluding hydrogens is 184 g/mol. The third-order valence-electron chi connectivity index (χ3n) is 2.60. The number of benzene rings is 1. The molecule has 0 aromatic heterocycles. The number of hydrogen-bond donors (Lipinski definition) is 1. The number of rotatable bonds is 4. The first-order chi connectivity index (χ1) is 7.40. The molecule has 2 heteroatoms. The summed E-state index contributed by atoms with van der Waals surface area (Å²) in [7, 11) is 0. The summed E-state index contributed by atoms with van der Waals surface area (Å²) in [5, 5.41) is 3.36. The van der Waals surface area contributed by atoms with Crippen molar-refractivity contribution in [1.29, 1.82) is 0 Å². The van der Waals surface area contributed by atoms with Crippen LogP contribution in [0.4, 0.5) is 0 Å². The quantitative estimate of drug-likeness (QED) is 0.589. The van der Waals surface area contributed by atoms with Gasteiger partial charge < -0.3 is 5.32 Å². The zero-order chi connectivity index (χ0) is 10.5. The van der Waals surface area contributed by atoms with Crippen molar-refractivity contribution in [3.63, 3.8) is 0 Å². The van der Waals surface area contributed by atoms with Crippen LogP contribution in [0.2, 0.25) is 0 Å². The molecule has 1 aliphatic carbocycles. The van der Waals surface area contributed by atoms with Gasteiger partial charge in [0.2, 0.25) is 0 Å². The van der Waals surface area contributed by atoms with Gasteiger partial charge in [-0.25, -0.2) is 0 Å². The zero-order valence-electron chi connectivity index (χ0n) is 9.24. The topological polar surface area (TPSA) is 24.4 Å². The molecule has 0 radical (unpaired) electrons. The fourth-order valence-electron chi connectivity index (χ4n) is 1.63. The van der Waals surface area contributed by atoms with Crippen molar-refractivity contribution < 1.29 is 0 Å². The van der Waals surface area contributed by atoms with Gasteiger partial charge in [-0.1, -0.05) is 30.3 Å². The normalized spacial score (nSPS) is 16.5. The Kier molecular flexibility index (Phi) is 3.38. The first-order valence-electron chi connectivity index (χ1n) is 5.72. The van der Waals surface area contributed by atoms with Gasteiger partial charge in [-0.15, -0.1) is 0 Å². The van der Waals surface area contributed by atoms with Gasteiger partial charge in [0, 0.05) is 12.5 Å². The molecule has 1 aromatic carbocycles. The Morgan fingerprint density at radius 1 is 1.33 bits per heavy atom. The van der Waals surface area contributed by atoms with E-state index < -0.39 is 0 Å². The Hall–Kier alpha value is -1.31. The molecule has 80 valence electrons. The minimum atomic E-state index is 0.716. The molecule has 0 spiro atoms. The van der Waals surface area contributed by atoms with Gasteiger partial charge in [0.15, 0.2) is 0 Å². The van der Waals surface area contributed by atoms with Gasteiger partial charge in [-0.05, 0) is 25.3 Å². The second-order valence-corrected chi connectivity index (χ2v) is 3.99. The summed E-state index contributed by atoms with van der Waals surface area (Å²) in [6, 6.07) is 10.4. The summed E-state index contributed by atoms with van der Waals surface area (Å²) in [6.45, 7) is 3.91. The van der Waals surface area contributed by atoms with Crippen LogP contribution in [0.3, 0.4) is 0 Å². The lowest BCUT2D eigenvalue weighted by Gasteiger charge is -2.06. The zero-order valence-corrected chi connectivity index (χ0v) is 9.24. The van der Waals surface area contributed by atoms with E-state index in [0.717, 1.165) is 13.1 Å². The van der Waals surface area contributed by atoms with E-state index in [4.69, 9.17) is 0 Å². The lowest BCUT2D eigenvalue weighted by molar-refractivity contribution is 0.887. The van der Waals surface area contributed by atoms with Crippen molar-refractivity contribution in [2.45, 2.75) is 26.3 Å². The van der Waals surface area contributed by atoms with Crippen LogP contribution in [0.1, 0.15) is 25.3 Å². The van der Waals surface area contributed by atoms with Crippen LogP contribution in [0.15, 0.2) is 35.3 Å². The lowest BCUT2D eigenvalue weighted by atomic mass is 10.2. The van der Waals surface area contributed by atoms with E-state index in [2.05, 4.69) is 41.5 Å². The number of amidine groups is 1. The Labute approximate surface area is 91.4 Å². The second-order valence-electron chi connectivity index (χ2n) is 3.99. The van der Waals surface area contributed by atoms with Gasteiger partial charge in [0.1, 0.15) is 0 Å². The molecule has 0 heterocycles. The predicted molar refractivity (Wildman–Crippen MR) is 64.0 cm³/mol. The number of nitrogens with one attached hydrogen (secondary N) is 1. The van der Waals surface area contributed by atoms with Crippen LogP contribution < -0.4 is 5.32 Å². The van der Waals surface area contributed by atoms with Crippen molar-refractivity contribution in [2.24, 2.45) is 10.9 Å². The molecule has 1 aliphatic rings. The molecule has 2 nitrogen and oxygen atoms in total. The molecule has 0 bridgehead atoms. The lowest BCUT2D eigenvalue weighted by Crippen LogP contribution is -2.24. The van der Waals surface area contributed by atoms with E-state index >= 15 is 0 Å². The molecule has 1 aromatic rings. The number of nitrogens with zero attached hydrogens (tertiary/aromatic N) is 1. The average molecular weight is 202 g/mol. The van der Waals surface area contributed by atoms with Crippen LogP contribution in [0.5, 0.6) is 0 Å². The summed E-state index contributed by atoms with van der Waals surface area (Å²) < 4.78 is 0. The third kappa shape index (κ3) is 3.08. The maximum absolute atomic E-state index is 4.65. The number of hydrogen-bond acceptors (Lipinski definition) is 1. The molecule has 1 fully saturated rings. The van der Waals surface area contributed by atoms with Crippen molar-refractivity contribution in [2.75, 3.05) is 6.54 Å². The summed E-state index contributed by atoms with van der Waals surface area (Å²) in [6.07, 6.45) is 2.61. The Bertz CT molecular complexity index is 326. The molecule has 0 amide bonds. The molecule has 1 saturated carbocycles. The van der Waals surface area contributed by atoms with E-state index in [1.54, 1.807) is 0 Å². The number of aliphatic imine (C=N–C) groups is 1. The fourth-order valence-corrected chi connectivity index (χ4v) is 1.63. The third-order valence-corrected chi connectivity index (χ3v) is 2.60. The fraction of sp³-hybridized carbons (Fsp3) is 0.462. The van der Waals surface area contributed by atoms with Crippen molar-refractivity contribution >= 4 is 5.84 Å². The molecule has 15 heavy (non-hydrogen) atoms. The highest BCUT2D eigenvalue weighted by Gasteiger charge is 2.26. The summed E-state index contributed by atoms with van der Waals surface area (Å²) in [4.78, 5) is 4.65. The van der Waals surface area contributed by atoms with Crippen LogP contribution >= 0.6 is 0 Å². The van der Waals surface area contributed by atoms with E-state index in [1.165, 1.54) is 24.2 Å². The molecule has 0 atom stereocenters. The second kappa shape index (κ2) is 4.96. The molecule has 0 aliphatic heterocycles. The first kappa shape index (κ1) is 10.2. The molecule has 0 unspecified atom stereocenters. The van der Waals surface area contributed by atoms with E-state index in [9.17, 15) is 0 Å². The van der Waals surface area contributed by atoms with E-state index in [1.807, 2.05) is 6.07 Å². The monoisotopic (exact) mass is 202 g/mol. The van der Waals surface area contributed by atoms with Crippen molar-refractivity contribution in [3.8, 4) is 0 Å². The maximum Gasteiger partial charge on any atom is 0.0998 e. The minimum absolute atomic E-state index is 0.716. The Balaban J connectivity index is 1.96. The van der Waals surface area contributed by atoms with Crippen LogP contribution in [-0.4, -0.2) is 12.4 Å². The SMILES string of the molecule is CCNC(=NCc1ccccc1)C1CC1. The van der Waals surface area contributed by atoms with Crippen molar-refractivity contribution in [3.05, 3.63) is 35.9 Å². The predicted octanol–water partition coefficient (Wildman–Crippen LogP) is 2.60. The molecule has 0 saturated heterocycles. The van der Waals surface area contributed by atoms with Gasteiger partial charge in [-0.3, -0.25) is 4.99 Å². The van der Waals surface area contributed by atoms with Gasteiger partial charge in [0.05, 0.1) is 12.4 Å². The standard InChI is InChI=1S/C13H18N2/c1-2-14-13(12-8-9-12)15-10-11-6-4-3-5-7-11/h3-7,12H,2,8-10H2,1H3,(H,14,15). The Morgan fingerprint density at radius 3 is 2.67 bits per heavy atom. The summed E-state index contributed by atoms with van der Waals surface area (Å²) in [5.41, 5.74) is 1.29. The highest BCUT2D eigenvalue weighted by atomic mass is 15.0. The maximum atomic E-state index is 4.65. The molecule has 2 rings (SSSR count). The first-order valence-corrected chi connectivity index (χ1v) is 5.72. The summed E-state index contributed by atoms with van der Waals surface area (Å²) >= 11 is 0. The summed E-state index contributed by atoms with van der Waals surface area (Å²) in [5.74, 6) is 1.93. The van der Waals surface area contributed by atoms with E-state index in [-0.39, 0.29) is 0 Å². The van der Waals surface area contributed by atoms with Crippen molar-refractivity contribution in [1.82, 2.24) is 5.32 Å². The Morgan fingerprint density at radius 2 is 2.07 bits per heavy atom. The van der Waals surface area contributed by atoms with Gasteiger partial charge in [0.25, 0.3) is 0 Å². The average Bonchev–Trinajstić information content (AvgIpc) is 3.09. The van der Waals surface area contributed by atoms with E-state index in [0.29, 0.717) is 5.92 Å². The molecule has 1 N–H and O–H groups in total. The van der Waals surface area contributed by atoms with Gasteiger partial charge >= 0.3 is 0 Å². The van der Waals surface area contributed by atoms with Crippen LogP contribution in [-0.2, 0) is 6.54 Å². The minimum Gasteiger partial charge on any atom is -0.374 e. The van der Waals surface area contributed by atoms with Gasteiger partial charge in [-0.2, -0.15) is 0 Å². The molecular formula is C13H18N2. The van der Waals surface area contributed by atoms with Crippen LogP contribution in [0, 0.1) is 5.92 Å². The smallest absolute Gasteiger partial charge is 0.0998 e. The highest BCUT2D eigenvalue weighted by molar-refractivity contribution is 5.86. The van der Waals surface area contributed by atoms with Crippen LogP contribution in [0.25, 0.3) is 0 Å². The largest absolute Gasteiger partial charge is 0.374 e.